The first-order valence-electron chi connectivity index (χ1n) is 10.6. The van der Waals surface area contributed by atoms with Crippen molar-refractivity contribution in [1.29, 1.82) is 0 Å². The summed E-state index contributed by atoms with van der Waals surface area (Å²) in [6.07, 6.45) is 2.20. The first-order valence-corrected chi connectivity index (χ1v) is 10.6. The molecule has 0 aromatic heterocycles. The number of amides is 1. The first-order chi connectivity index (χ1) is 14.0. The van der Waals surface area contributed by atoms with Gasteiger partial charge in [-0.15, -0.1) is 0 Å². The smallest absolute Gasteiger partial charge is 0.254 e. The van der Waals surface area contributed by atoms with E-state index in [2.05, 4.69) is 22.8 Å². The number of hydrogen-bond donors (Lipinski definition) is 0. The van der Waals surface area contributed by atoms with Crippen LogP contribution in [0.1, 0.15) is 34.3 Å². The van der Waals surface area contributed by atoms with Crippen LogP contribution in [0.25, 0.3) is 0 Å². The summed E-state index contributed by atoms with van der Waals surface area (Å²) in [7, 11) is 0. The third-order valence-corrected chi connectivity index (χ3v) is 6.54. The number of piperidine rings is 1. The van der Waals surface area contributed by atoms with Gasteiger partial charge in [0.1, 0.15) is 5.82 Å². The molecule has 2 fully saturated rings. The highest BCUT2D eigenvalue weighted by atomic mass is 19.1. The monoisotopic (exact) mass is 395 g/mol. The van der Waals surface area contributed by atoms with Gasteiger partial charge < -0.3 is 9.80 Å². The van der Waals surface area contributed by atoms with Crippen molar-refractivity contribution < 1.29 is 9.18 Å². The standard InChI is InChI=1S/C24H30FN3O/c1-18-5-3-7-23(19(18)2)24(29)28-12-4-6-22(17-28)27-15-13-26(14-16-27)21-10-8-20(25)9-11-21/h3,5,7-11,22H,4,6,12-17H2,1-2H3. The summed E-state index contributed by atoms with van der Waals surface area (Å²) in [5, 5.41) is 0. The summed E-state index contributed by atoms with van der Waals surface area (Å²) in [6.45, 7) is 9.59. The van der Waals surface area contributed by atoms with Gasteiger partial charge in [0.25, 0.3) is 5.91 Å². The minimum atomic E-state index is -0.191. The SMILES string of the molecule is Cc1cccc(C(=O)N2CCCC(N3CCN(c4ccc(F)cc4)CC3)C2)c1C. The molecule has 1 atom stereocenters. The molecule has 0 bridgehead atoms. The van der Waals surface area contributed by atoms with Crippen LogP contribution in [0, 0.1) is 19.7 Å². The number of halogens is 1. The van der Waals surface area contributed by atoms with E-state index < -0.39 is 0 Å². The Labute approximate surface area is 172 Å². The minimum Gasteiger partial charge on any atom is -0.369 e. The van der Waals surface area contributed by atoms with Gasteiger partial charge in [-0.2, -0.15) is 0 Å². The average Bonchev–Trinajstić information content (AvgIpc) is 2.76. The van der Waals surface area contributed by atoms with E-state index in [9.17, 15) is 9.18 Å². The zero-order valence-corrected chi connectivity index (χ0v) is 17.4. The van der Waals surface area contributed by atoms with Crippen LogP contribution in [0.5, 0.6) is 0 Å². The average molecular weight is 396 g/mol. The Hall–Kier alpha value is -2.40. The number of anilines is 1. The summed E-state index contributed by atoms with van der Waals surface area (Å²) in [4.78, 5) is 20.0. The van der Waals surface area contributed by atoms with Crippen LogP contribution in [0.15, 0.2) is 42.5 Å². The third kappa shape index (κ3) is 4.30. The molecule has 2 aliphatic rings. The summed E-state index contributed by atoms with van der Waals surface area (Å²) in [5.74, 6) is -0.0240. The highest BCUT2D eigenvalue weighted by Gasteiger charge is 2.30. The van der Waals surface area contributed by atoms with Crippen LogP contribution in [-0.4, -0.2) is 61.0 Å². The molecule has 0 radical (unpaired) electrons. The van der Waals surface area contributed by atoms with Crippen molar-refractivity contribution >= 4 is 11.6 Å². The first kappa shape index (κ1) is 19.9. The molecule has 4 nitrogen and oxygen atoms in total. The number of benzene rings is 2. The van der Waals surface area contributed by atoms with Gasteiger partial charge in [-0.3, -0.25) is 9.69 Å². The number of carbonyl (C=O) groups is 1. The number of likely N-dealkylation sites (tertiary alicyclic amines) is 1. The number of aryl methyl sites for hydroxylation is 1. The van der Waals surface area contributed by atoms with Crippen LogP contribution >= 0.6 is 0 Å². The van der Waals surface area contributed by atoms with Crippen molar-refractivity contribution in [3.63, 3.8) is 0 Å². The Morgan fingerprint density at radius 3 is 2.41 bits per heavy atom. The van der Waals surface area contributed by atoms with Crippen molar-refractivity contribution in [2.24, 2.45) is 0 Å². The lowest BCUT2D eigenvalue weighted by atomic mass is 9.99. The van der Waals surface area contributed by atoms with Gasteiger partial charge in [-0.1, -0.05) is 12.1 Å². The van der Waals surface area contributed by atoms with Crippen molar-refractivity contribution in [1.82, 2.24) is 9.80 Å². The number of rotatable bonds is 3. The normalized spacial score (nSPS) is 20.7. The molecule has 0 N–H and O–H groups in total. The zero-order valence-electron chi connectivity index (χ0n) is 17.4. The largest absolute Gasteiger partial charge is 0.369 e. The summed E-state index contributed by atoms with van der Waals surface area (Å²) < 4.78 is 13.2. The molecule has 154 valence electrons. The number of hydrogen-bond acceptors (Lipinski definition) is 3. The maximum absolute atomic E-state index is 13.2. The molecule has 0 saturated carbocycles. The van der Waals surface area contributed by atoms with E-state index in [1.807, 2.05) is 36.1 Å². The van der Waals surface area contributed by atoms with E-state index >= 15 is 0 Å². The quantitative estimate of drug-likeness (QED) is 0.789. The number of carbonyl (C=O) groups excluding carboxylic acids is 1. The molecule has 2 aromatic rings. The van der Waals surface area contributed by atoms with E-state index in [4.69, 9.17) is 0 Å². The Bertz CT molecular complexity index is 859. The van der Waals surface area contributed by atoms with Crippen molar-refractivity contribution in [3.8, 4) is 0 Å². The molecule has 2 heterocycles. The van der Waals surface area contributed by atoms with Gasteiger partial charge >= 0.3 is 0 Å². The molecule has 4 rings (SSSR count). The van der Waals surface area contributed by atoms with E-state index in [0.717, 1.165) is 68.9 Å². The topological polar surface area (TPSA) is 26.8 Å². The van der Waals surface area contributed by atoms with E-state index in [1.54, 1.807) is 0 Å². The van der Waals surface area contributed by atoms with Gasteiger partial charge in [0.05, 0.1) is 0 Å². The second-order valence-corrected chi connectivity index (χ2v) is 8.29. The Morgan fingerprint density at radius 2 is 1.69 bits per heavy atom. The second kappa shape index (κ2) is 8.54. The van der Waals surface area contributed by atoms with Gasteiger partial charge in [-0.25, -0.2) is 4.39 Å². The van der Waals surface area contributed by atoms with Crippen molar-refractivity contribution in [3.05, 3.63) is 65.0 Å². The van der Waals surface area contributed by atoms with Crippen LogP contribution in [0.2, 0.25) is 0 Å². The van der Waals surface area contributed by atoms with Crippen molar-refractivity contribution in [2.45, 2.75) is 32.7 Å². The third-order valence-electron chi connectivity index (χ3n) is 6.54. The van der Waals surface area contributed by atoms with E-state index in [1.165, 1.54) is 17.7 Å². The predicted molar refractivity (Wildman–Crippen MR) is 115 cm³/mol. The fourth-order valence-electron chi connectivity index (χ4n) is 4.59. The molecule has 29 heavy (non-hydrogen) atoms. The van der Waals surface area contributed by atoms with E-state index in [0.29, 0.717) is 6.04 Å². The zero-order chi connectivity index (χ0) is 20.4. The lowest BCUT2D eigenvalue weighted by Crippen LogP contribution is -2.56. The summed E-state index contributed by atoms with van der Waals surface area (Å²) in [6, 6.07) is 13.2. The summed E-state index contributed by atoms with van der Waals surface area (Å²) >= 11 is 0. The molecule has 2 aromatic carbocycles. The Balaban J connectivity index is 1.37. The Kier molecular flexibility index (Phi) is 5.86. The highest BCUT2D eigenvalue weighted by molar-refractivity contribution is 5.96. The molecule has 1 unspecified atom stereocenters. The molecular formula is C24H30FN3O. The van der Waals surface area contributed by atoms with Gasteiger partial charge in [0.2, 0.25) is 0 Å². The Morgan fingerprint density at radius 1 is 0.966 bits per heavy atom. The van der Waals surface area contributed by atoms with Gasteiger partial charge in [-0.05, 0) is 68.1 Å². The second-order valence-electron chi connectivity index (χ2n) is 8.29. The minimum absolute atomic E-state index is 0.167. The fourth-order valence-corrected chi connectivity index (χ4v) is 4.59. The summed E-state index contributed by atoms with van der Waals surface area (Å²) in [5.41, 5.74) is 4.18. The molecule has 2 aliphatic heterocycles. The highest BCUT2D eigenvalue weighted by Crippen LogP contribution is 2.23. The van der Waals surface area contributed by atoms with Gasteiger partial charge in [0.15, 0.2) is 0 Å². The van der Waals surface area contributed by atoms with Crippen LogP contribution < -0.4 is 4.90 Å². The maximum atomic E-state index is 13.2. The molecular weight excluding hydrogens is 365 g/mol. The lowest BCUT2D eigenvalue weighted by molar-refractivity contribution is 0.0563. The van der Waals surface area contributed by atoms with Crippen LogP contribution in [0.3, 0.4) is 0 Å². The molecule has 0 spiro atoms. The number of piperazine rings is 1. The fraction of sp³-hybridized carbons (Fsp3) is 0.458. The van der Waals surface area contributed by atoms with Gasteiger partial charge in [0, 0.05) is 56.6 Å². The molecule has 0 aliphatic carbocycles. The maximum Gasteiger partial charge on any atom is 0.254 e. The lowest BCUT2D eigenvalue weighted by Gasteiger charge is -2.44. The predicted octanol–water partition coefficient (Wildman–Crippen LogP) is 3.87. The molecule has 2 saturated heterocycles. The van der Waals surface area contributed by atoms with Crippen LogP contribution in [-0.2, 0) is 0 Å². The number of nitrogens with zero attached hydrogens (tertiary/aromatic N) is 3. The van der Waals surface area contributed by atoms with Crippen molar-refractivity contribution in [2.75, 3.05) is 44.2 Å². The van der Waals surface area contributed by atoms with Crippen LogP contribution in [0.4, 0.5) is 10.1 Å². The molecule has 1 amide bonds. The molecule has 5 heteroatoms. The van der Waals surface area contributed by atoms with E-state index in [-0.39, 0.29) is 11.7 Å².